The zero-order valence-electron chi connectivity index (χ0n) is 15.5. The summed E-state index contributed by atoms with van der Waals surface area (Å²) in [5, 5.41) is 1.03. The minimum atomic E-state index is 0.131. The van der Waals surface area contributed by atoms with Gasteiger partial charge in [-0.25, -0.2) is 0 Å². The Morgan fingerprint density at radius 2 is 1.88 bits per heavy atom. The predicted octanol–water partition coefficient (Wildman–Crippen LogP) is 4.48. The van der Waals surface area contributed by atoms with Gasteiger partial charge < -0.3 is 14.2 Å². The number of rotatable bonds is 8. The summed E-state index contributed by atoms with van der Waals surface area (Å²) in [7, 11) is 1.87. The second-order valence-electron chi connectivity index (χ2n) is 6.58. The Hall–Kier alpha value is -2.75. The van der Waals surface area contributed by atoms with E-state index in [1.54, 1.807) is 0 Å². The number of likely N-dealkylation sites (N-methyl/N-ethyl adjacent to an activating group) is 1. The molecule has 1 heterocycles. The number of aromatic nitrogens is 1. The second kappa shape index (κ2) is 8.56. The minimum Gasteiger partial charge on any atom is -0.488 e. The van der Waals surface area contributed by atoms with Crippen LogP contribution in [0.1, 0.15) is 25.3 Å². The highest BCUT2D eigenvalue weighted by Gasteiger charge is 2.12. The zero-order valence-corrected chi connectivity index (χ0v) is 15.5. The molecule has 3 rings (SSSR count). The van der Waals surface area contributed by atoms with Crippen molar-refractivity contribution in [2.75, 3.05) is 13.6 Å². The average molecular weight is 350 g/mol. The molecule has 0 aliphatic rings. The summed E-state index contributed by atoms with van der Waals surface area (Å²) >= 11 is 0. The summed E-state index contributed by atoms with van der Waals surface area (Å²) in [6.45, 7) is 3.82. The van der Waals surface area contributed by atoms with Crippen molar-refractivity contribution in [3.8, 4) is 5.75 Å². The molecule has 0 saturated heterocycles. The van der Waals surface area contributed by atoms with Crippen LogP contribution in [0.3, 0.4) is 0 Å². The Kier molecular flexibility index (Phi) is 5.95. The molecule has 0 bridgehead atoms. The van der Waals surface area contributed by atoms with Crippen LogP contribution in [0, 0.1) is 0 Å². The van der Waals surface area contributed by atoms with Crippen LogP contribution in [-0.2, 0) is 17.9 Å². The molecule has 26 heavy (non-hydrogen) atoms. The van der Waals surface area contributed by atoms with Gasteiger partial charge in [-0.15, -0.1) is 0 Å². The fraction of sp³-hybridized carbons (Fsp3) is 0.318. The normalized spacial score (nSPS) is 10.8. The van der Waals surface area contributed by atoms with Gasteiger partial charge in [-0.3, -0.25) is 4.79 Å². The third kappa shape index (κ3) is 4.26. The van der Waals surface area contributed by atoms with Gasteiger partial charge >= 0.3 is 0 Å². The van der Waals surface area contributed by atoms with E-state index in [0.717, 1.165) is 41.6 Å². The Morgan fingerprint density at radius 3 is 2.65 bits per heavy atom. The Bertz CT molecular complexity index is 855. The van der Waals surface area contributed by atoms with Gasteiger partial charge in [-0.2, -0.15) is 0 Å². The van der Waals surface area contributed by atoms with E-state index in [1.807, 2.05) is 65.2 Å². The SMILES string of the molecule is CCCCN(C)C(=O)Cn1ccc2c(OCc3ccccc3)cccc21. The van der Waals surface area contributed by atoms with Crippen molar-refractivity contribution >= 4 is 16.8 Å². The minimum absolute atomic E-state index is 0.131. The maximum Gasteiger partial charge on any atom is 0.242 e. The van der Waals surface area contributed by atoms with Gasteiger partial charge in [0.2, 0.25) is 5.91 Å². The fourth-order valence-corrected chi connectivity index (χ4v) is 2.98. The lowest BCUT2D eigenvalue weighted by Crippen LogP contribution is -2.30. The number of fused-ring (bicyclic) bond motifs is 1. The lowest BCUT2D eigenvalue weighted by molar-refractivity contribution is -0.130. The molecule has 0 atom stereocenters. The van der Waals surface area contributed by atoms with Gasteiger partial charge in [0.1, 0.15) is 18.9 Å². The van der Waals surface area contributed by atoms with Crippen LogP contribution in [0.4, 0.5) is 0 Å². The van der Waals surface area contributed by atoms with Crippen LogP contribution in [0.2, 0.25) is 0 Å². The molecule has 2 aromatic carbocycles. The van der Waals surface area contributed by atoms with E-state index in [4.69, 9.17) is 4.74 Å². The average Bonchev–Trinajstić information content (AvgIpc) is 3.08. The van der Waals surface area contributed by atoms with Gasteiger partial charge in [-0.05, 0) is 30.2 Å². The number of ether oxygens (including phenoxy) is 1. The second-order valence-corrected chi connectivity index (χ2v) is 6.58. The van der Waals surface area contributed by atoms with Gasteiger partial charge in [0.15, 0.2) is 0 Å². The van der Waals surface area contributed by atoms with Crippen molar-refractivity contribution in [2.24, 2.45) is 0 Å². The third-order valence-electron chi connectivity index (χ3n) is 4.59. The van der Waals surface area contributed by atoms with Crippen LogP contribution in [0.25, 0.3) is 10.9 Å². The molecule has 1 aromatic heterocycles. The third-order valence-corrected chi connectivity index (χ3v) is 4.59. The quantitative estimate of drug-likeness (QED) is 0.600. The molecule has 0 saturated carbocycles. The summed E-state index contributed by atoms with van der Waals surface area (Å²) in [6, 6.07) is 18.1. The number of hydrogen-bond acceptors (Lipinski definition) is 2. The molecule has 136 valence electrons. The number of nitrogens with zero attached hydrogens (tertiary/aromatic N) is 2. The van der Waals surface area contributed by atoms with Crippen molar-refractivity contribution in [3.63, 3.8) is 0 Å². The number of amides is 1. The first kappa shape index (κ1) is 18.1. The molecule has 0 radical (unpaired) electrons. The Morgan fingerprint density at radius 1 is 1.08 bits per heavy atom. The monoisotopic (exact) mass is 350 g/mol. The summed E-state index contributed by atoms with van der Waals surface area (Å²) in [5.74, 6) is 0.975. The highest BCUT2D eigenvalue weighted by Crippen LogP contribution is 2.27. The molecule has 1 amide bonds. The van der Waals surface area contributed by atoms with E-state index in [1.165, 1.54) is 0 Å². The van der Waals surface area contributed by atoms with Crippen LogP contribution in [0.5, 0.6) is 5.75 Å². The van der Waals surface area contributed by atoms with Crippen molar-refractivity contribution < 1.29 is 9.53 Å². The summed E-state index contributed by atoms with van der Waals surface area (Å²) in [4.78, 5) is 14.2. The number of carbonyl (C=O) groups is 1. The van der Waals surface area contributed by atoms with Crippen LogP contribution in [0.15, 0.2) is 60.8 Å². The van der Waals surface area contributed by atoms with E-state index in [9.17, 15) is 4.79 Å². The molecule has 0 N–H and O–H groups in total. The van der Waals surface area contributed by atoms with Crippen molar-refractivity contribution in [1.82, 2.24) is 9.47 Å². The number of unbranched alkanes of at least 4 members (excludes halogenated alkanes) is 1. The van der Waals surface area contributed by atoms with E-state index in [-0.39, 0.29) is 5.91 Å². The fourth-order valence-electron chi connectivity index (χ4n) is 2.98. The highest BCUT2D eigenvalue weighted by atomic mass is 16.5. The summed E-state index contributed by atoms with van der Waals surface area (Å²) in [5.41, 5.74) is 2.16. The van der Waals surface area contributed by atoms with Crippen LogP contribution < -0.4 is 4.74 Å². The first-order valence-electron chi connectivity index (χ1n) is 9.17. The Balaban J connectivity index is 1.73. The first-order chi connectivity index (χ1) is 12.7. The predicted molar refractivity (Wildman–Crippen MR) is 105 cm³/mol. The molecule has 4 heteroatoms. The zero-order chi connectivity index (χ0) is 18.4. The molecule has 0 aliphatic heterocycles. The number of hydrogen-bond donors (Lipinski definition) is 0. The van der Waals surface area contributed by atoms with E-state index in [0.29, 0.717) is 13.2 Å². The summed E-state index contributed by atoms with van der Waals surface area (Å²) < 4.78 is 8.01. The molecule has 0 fully saturated rings. The molecule has 0 spiro atoms. The van der Waals surface area contributed by atoms with Crippen LogP contribution in [-0.4, -0.2) is 29.0 Å². The summed E-state index contributed by atoms with van der Waals surface area (Å²) in [6.07, 6.45) is 4.09. The van der Waals surface area contributed by atoms with Crippen LogP contribution >= 0.6 is 0 Å². The Labute approximate surface area is 155 Å². The lowest BCUT2D eigenvalue weighted by atomic mass is 10.2. The maximum absolute atomic E-state index is 12.4. The standard InChI is InChI=1S/C22H26N2O2/c1-3-4-14-23(2)22(25)16-24-15-13-19-20(24)11-8-12-21(19)26-17-18-9-6-5-7-10-18/h5-13,15H,3-4,14,16-17H2,1-2H3. The van der Waals surface area contributed by atoms with Gasteiger partial charge in [0, 0.05) is 25.2 Å². The van der Waals surface area contributed by atoms with Gasteiger partial charge in [0.25, 0.3) is 0 Å². The molecule has 0 aliphatic carbocycles. The van der Waals surface area contributed by atoms with E-state index < -0.39 is 0 Å². The van der Waals surface area contributed by atoms with E-state index >= 15 is 0 Å². The molecular weight excluding hydrogens is 324 g/mol. The topological polar surface area (TPSA) is 34.5 Å². The van der Waals surface area contributed by atoms with E-state index in [2.05, 4.69) is 19.1 Å². The first-order valence-corrected chi connectivity index (χ1v) is 9.17. The van der Waals surface area contributed by atoms with Gasteiger partial charge in [0.05, 0.1) is 5.52 Å². The van der Waals surface area contributed by atoms with Crippen molar-refractivity contribution in [3.05, 3.63) is 66.4 Å². The molecule has 4 nitrogen and oxygen atoms in total. The number of carbonyl (C=O) groups excluding carboxylic acids is 1. The van der Waals surface area contributed by atoms with Gasteiger partial charge in [-0.1, -0.05) is 49.7 Å². The molecule has 3 aromatic rings. The molecule has 0 unspecified atom stereocenters. The maximum atomic E-state index is 12.4. The van der Waals surface area contributed by atoms with Crippen molar-refractivity contribution in [2.45, 2.75) is 32.9 Å². The largest absolute Gasteiger partial charge is 0.488 e. The highest BCUT2D eigenvalue weighted by molar-refractivity contribution is 5.88. The smallest absolute Gasteiger partial charge is 0.242 e. The lowest BCUT2D eigenvalue weighted by Gasteiger charge is -2.17. The van der Waals surface area contributed by atoms with Crippen molar-refractivity contribution in [1.29, 1.82) is 0 Å². The molecular formula is C22H26N2O2. The number of benzene rings is 2.